The van der Waals surface area contributed by atoms with Crippen molar-refractivity contribution >= 4 is 38.6 Å². The monoisotopic (exact) mass is 350 g/mol. The Bertz CT molecular complexity index is 749. The van der Waals surface area contributed by atoms with Crippen LogP contribution in [0.15, 0.2) is 30.0 Å². The van der Waals surface area contributed by atoms with E-state index >= 15 is 0 Å². The average molecular weight is 350 g/mol. The number of nitrogens with one attached hydrogen (secondary N) is 1. The van der Waals surface area contributed by atoms with Crippen LogP contribution in [0.25, 0.3) is 10.2 Å². The second-order valence-corrected chi connectivity index (χ2v) is 5.53. The van der Waals surface area contributed by atoms with Gasteiger partial charge in [0.1, 0.15) is 5.75 Å². The van der Waals surface area contributed by atoms with Crippen LogP contribution >= 0.6 is 11.3 Å². The largest absolute Gasteiger partial charge is 0.497 e. The van der Waals surface area contributed by atoms with Gasteiger partial charge in [0.2, 0.25) is 0 Å². The first-order chi connectivity index (χ1) is 11.6. The topological polar surface area (TPSA) is 86.8 Å². The molecule has 0 atom stereocenters. The number of hydrogen-bond acceptors (Lipinski definition) is 8. The van der Waals surface area contributed by atoms with Crippen molar-refractivity contribution in [1.82, 2.24) is 4.98 Å². The zero-order chi connectivity index (χ0) is 17.5. The molecule has 8 heteroatoms. The third kappa shape index (κ3) is 4.23. The van der Waals surface area contributed by atoms with Crippen molar-refractivity contribution in [3.05, 3.63) is 30.0 Å². The van der Waals surface area contributed by atoms with Crippen molar-refractivity contribution in [3.63, 3.8) is 0 Å². The standard InChI is InChI=1S/C16H18N2O5S/c1-4-22-14(19)11(15(20)23-5-2)9-17-16-18-12-8-10(21-3)6-7-13(12)24-16/h6-9H,4-5H2,1-3H3,(H,17,18). The number of anilines is 1. The number of carbonyl (C=O) groups is 2. The number of rotatable bonds is 7. The number of benzene rings is 1. The number of aromatic nitrogens is 1. The second kappa shape index (κ2) is 8.30. The molecule has 1 aromatic heterocycles. The maximum Gasteiger partial charge on any atom is 0.347 e. The van der Waals surface area contributed by atoms with Crippen LogP contribution in [0.2, 0.25) is 0 Å². The van der Waals surface area contributed by atoms with Crippen molar-refractivity contribution in [2.24, 2.45) is 0 Å². The minimum Gasteiger partial charge on any atom is -0.497 e. The van der Waals surface area contributed by atoms with E-state index in [1.807, 2.05) is 12.1 Å². The van der Waals surface area contributed by atoms with Crippen LogP contribution in [0.4, 0.5) is 5.13 Å². The van der Waals surface area contributed by atoms with E-state index in [9.17, 15) is 9.59 Å². The van der Waals surface area contributed by atoms with Crippen LogP contribution in [0.1, 0.15) is 13.8 Å². The lowest BCUT2D eigenvalue weighted by atomic mass is 10.3. The number of fused-ring (bicyclic) bond motifs is 1. The summed E-state index contributed by atoms with van der Waals surface area (Å²) >= 11 is 1.38. The molecule has 0 aliphatic carbocycles. The average Bonchev–Trinajstić information content (AvgIpc) is 2.97. The number of thiazole rings is 1. The first kappa shape index (κ1) is 17.7. The molecule has 2 aromatic rings. The number of nitrogens with zero attached hydrogens (tertiary/aromatic N) is 1. The molecule has 2 rings (SSSR count). The maximum atomic E-state index is 11.9. The predicted octanol–water partition coefficient (Wildman–Crippen LogP) is 2.73. The molecule has 1 heterocycles. The van der Waals surface area contributed by atoms with Gasteiger partial charge in [-0.05, 0) is 26.0 Å². The predicted molar refractivity (Wildman–Crippen MR) is 91.1 cm³/mol. The summed E-state index contributed by atoms with van der Waals surface area (Å²) in [5.41, 5.74) is 0.541. The van der Waals surface area contributed by atoms with E-state index in [1.54, 1.807) is 27.0 Å². The van der Waals surface area contributed by atoms with Crippen LogP contribution < -0.4 is 10.1 Å². The van der Waals surface area contributed by atoms with Crippen molar-refractivity contribution < 1.29 is 23.8 Å². The maximum absolute atomic E-state index is 11.9. The molecule has 24 heavy (non-hydrogen) atoms. The molecule has 0 fully saturated rings. The molecule has 0 unspecified atom stereocenters. The highest BCUT2D eigenvalue weighted by Crippen LogP contribution is 2.28. The SMILES string of the molecule is CCOC(=O)C(=CNc1nc2cc(OC)ccc2s1)C(=O)OCC. The molecule has 1 N–H and O–H groups in total. The van der Waals surface area contributed by atoms with Gasteiger partial charge in [-0.25, -0.2) is 14.6 Å². The molecular formula is C16H18N2O5S. The van der Waals surface area contributed by atoms with E-state index in [2.05, 4.69) is 10.3 Å². The van der Waals surface area contributed by atoms with Gasteiger partial charge in [0.05, 0.1) is 30.5 Å². The lowest BCUT2D eigenvalue weighted by Crippen LogP contribution is -2.19. The summed E-state index contributed by atoms with van der Waals surface area (Å²) < 4.78 is 15.8. The molecule has 7 nitrogen and oxygen atoms in total. The third-order valence-corrected chi connectivity index (χ3v) is 3.89. The molecule has 0 amide bonds. The normalized spacial score (nSPS) is 10.1. The first-order valence-corrected chi connectivity index (χ1v) is 8.16. The van der Waals surface area contributed by atoms with Crippen molar-refractivity contribution in [2.75, 3.05) is 25.6 Å². The Labute approximate surface area is 143 Å². The highest BCUT2D eigenvalue weighted by atomic mass is 32.1. The van der Waals surface area contributed by atoms with Crippen molar-refractivity contribution in [3.8, 4) is 5.75 Å². The summed E-state index contributed by atoms with van der Waals surface area (Å²) in [6.07, 6.45) is 1.25. The number of hydrogen-bond donors (Lipinski definition) is 1. The van der Waals surface area contributed by atoms with Gasteiger partial charge in [-0.3, -0.25) is 0 Å². The Balaban J connectivity index is 2.23. The first-order valence-electron chi connectivity index (χ1n) is 7.34. The van der Waals surface area contributed by atoms with Crippen molar-refractivity contribution in [2.45, 2.75) is 13.8 Å². The Kier molecular flexibility index (Phi) is 6.14. The van der Waals surface area contributed by atoms with Crippen LogP contribution in [-0.2, 0) is 19.1 Å². The highest BCUT2D eigenvalue weighted by molar-refractivity contribution is 7.22. The highest BCUT2D eigenvalue weighted by Gasteiger charge is 2.21. The molecule has 0 saturated carbocycles. The Morgan fingerprint density at radius 1 is 1.21 bits per heavy atom. The second-order valence-electron chi connectivity index (χ2n) is 4.50. The van der Waals surface area contributed by atoms with Gasteiger partial charge in [-0.15, -0.1) is 0 Å². The number of carbonyl (C=O) groups excluding carboxylic acids is 2. The molecular weight excluding hydrogens is 332 g/mol. The van der Waals surface area contributed by atoms with E-state index in [0.717, 1.165) is 10.2 Å². The molecule has 1 aromatic carbocycles. The number of ether oxygens (including phenoxy) is 3. The van der Waals surface area contributed by atoms with Gasteiger partial charge in [0, 0.05) is 12.3 Å². The Morgan fingerprint density at radius 3 is 2.46 bits per heavy atom. The number of esters is 2. The molecule has 0 saturated heterocycles. The van der Waals surface area contributed by atoms with E-state index in [4.69, 9.17) is 14.2 Å². The van der Waals surface area contributed by atoms with Gasteiger partial charge in [0.25, 0.3) is 0 Å². The third-order valence-electron chi connectivity index (χ3n) is 2.93. The molecule has 0 radical (unpaired) electrons. The summed E-state index contributed by atoms with van der Waals surface area (Å²) in [6, 6.07) is 5.53. The number of methoxy groups -OCH3 is 1. The Morgan fingerprint density at radius 2 is 1.88 bits per heavy atom. The van der Waals surface area contributed by atoms with Crippen LogP contribution in [0, 0.1) is 0 Å². The fraction of sp³-hybridized carbons (Fsp3) is 0.312. The van der Waals surface area contributed by atoms with Gasteiger partial charge < -0.3 is 19.5 Å². The lowest BCUT2D eigenvalue weighted by molar-refractivity contribution is -0.146. The van der Waals surface area contributed by atoms with E-state index in [0.29, 0.717) is 10.9 Å². The molecule has 0 bridgehead atoms. The van der Waals surface area contributed by atoms with Gasteiger partial charge in [0.15, 0.2) is 10.7 Å². The van der Waals surface area contributed by atoms with E-state index in [-0.39, 0.29) is 18.8 Å². The summed E-state index contributed by atoms with van der Waals surface area (Å²) in [7, 11) is 1.58. The van der Waals surface area contributed by atoms with Crippen LogP contribution in [0.3, 0.4) is 0 Å². The molecule has 128 valence electrons. The fourth-order valence-electron chi connectivity index (χ4n) is 1.85. The zero-order valence-corrected chi connectivity index (χ0v) is 14.4. The summed E-state index contributed by atoms with van der Waals surface area (Å²) in [5, 5.41) is 3.38. The summed E-state index contributed by atoms with van der Waals surface area (Å²) in [5.74, 6) is -0.786. The Hall–Kier alpha value is -2.61. The molecule has 0 aliphatic rings. The van der Waals surface area contributed by atoms with Gasteiger partial charge >= 0.3 is 11.9 Å². The van der Waals surface area contributed by atoms with Crippen LogP contribution in [-0.4, -0.2) is 37.2 Å². The van der Waals surface area contributed by atoms with Gasteiger partial charge in [-0.1, -0.05) is 11.3 Å². The smallest absolute Gasteiger partial charge is 0.347 e. The molecule has 0 spiro atoms. The summed E-state index contributed by atoms with van der Waals surface area (Å²) in [4.78, 5) is 28.1. The lowest BCUT2D eigenvalue weighted by Gasteiger charge is -2.06. The quantitative estimate of drug-likeness (QED) is 0.355. The zero-order valence-electron chi connectivity index (χ0n) is 13.6. The van der Waals surface area contributed by atoms with E-state index < -0.39 is 11.9 Å². The fourth-order valence-corrected chi connectivity index (χ4v) is 2.66. The van der Waals surface area contributed by atoms with Crippen LogP contribution in [0.5, 0.6) is 5.75 Å². The summed E-state index contributed by atoms with van der Waals surface area (Å²) in [6.45, 7) is 3.65. The minimum atomic E-state index is -0.744. The molecule has 0 aliphatic heterocycles. The van der Waals surface area contributed by atoms with Gasteiger partial charge in [-0.2, -0.15) is 0 Å². The minimum absolute atomic E-state index is 0.163. The van der Waals surface area contributed by atoms with Crippen molar-refractivity contribution in [1.29, 1.82) is 0 Å². The van der Waals surface area contributed by atoms with E-state index in [1.165, 1.54) is 17.5 Å².